The van der Waals surface area contributed by atoms with Gasteiger partial charge in [-0.15, -0.1) is 0 Å². The van der Waals surface area contributed by atoms with E-state index in [9.17, 15) is 24.5 Å². The zero-order chi connectivity index (χ0) is 17.7. The average molecular weight is 321 g/mol. The highest BCUT2D eigenvalue weighted by Crippen LogP contribution is 2.45. The van der Waals surface area contributed by atoms with E-state index in [1.54, 1.807) is 27.7 Å². The van der Waals surface area contributed by atoms with Crippen LogP contribution in [0.15, 0.2) is 6.20 Å². The molecule has 1 aliphatic carbocycles. The Morgan fingerprint density at radius 2 is 1.74 bits per heavy atom. The van der Waals surface area contributed by atoms with Gasteiger partial charge in [0.05, 0.1) is 4.92 Å². The minimum absolute atomic E-state index is 0.325. The van der Waals surface area contributed by atoms with Crippen molar-refractivity contribution in [1.82, 2.24) is 9.78 Å². The highest BCUT2D eigenvalue weighted by atomic mass is 16.6. The maximum absolute atomic E-state index is 12.7. The smallest absolute Gasteiger partial charge is 0.298 e. The fourth-order valence-corrected chi connectivity index (χ4v) is 3.34. The van der Waals surface area contributed by atoms with Crippen LogP contribution in [-0.2, 0) is 16.6 Å². The standard InChI is InChI=1S/C15H19N3O5/c1-14(2)7-15(3,4)13(21)9(12(14)20)11(19)10-8(18(22)23)6-17(5)16-10/h6,9H,7H2,1-5H3. The second-order valence-electron chi connectivity index (χ2n) is 7.26. The lowest BCUT2D eigenvalue weighted by Crippen LogP contribution is -2.52. The van der Waals surface area contributed by atoms with Gasteiger partial charge in [-0.3, -0.25) is 29.2 Å². The summed E-state index contributed by atoms with van der Waals surface area (Å²) in [6.07, 6.45) is 1.41. The van der Waals surface area contributed by atoms with Crippen LogP contribution in [0.3, 0.4) is 0 Å². The summed E-state index contributed by atoms with van der Waals surface area (Å²) in [6.45, 7) is 6.71. The highest BCUT2D eigenvalue weighted by molar-refractivity contribution is 6.27. The van der Waals surface area contributed by atoms with Gasteiger partial charge in [0.25, 0.3) is 0 Å². The van der Waals surface area contributed by atoms with Crippen LogP contribution < -0.4 is 0 Å². The van der Waals surface area contributed by atoms with Crippen molar-refractivity contribution in [3.63, 3.8) is 0 Å². The lowest BCUT2D eigenvalue weighted by Gasteiger charge is -2.41. The van der Waals surface area contributed by atoms with Crippen LogP contribution in [0, 0.1) is 26.9 Å². The first kappa shape index (κ1) is 17.0. The van der Waals surface area contributed by atoms with Gasteiger partial charge in [-0.25, -0.2) is 0 Å². The molecule has 0 bridgehead atoms. The largest absolute Gasteiger partial charge is 0.318 e. The highest BCUT2D eigenvalue weighted by Gasteiger charge is 2.55. The number of hydrogen-bond acceptors (Lipinski definition) is 6. The number of nitro groups is 1. The summed E-state index contributed by atoms with van der Waals surface area (Å²) in [7, 11) is 1.43. The van der Waals surface area contributed by atoms with Crippen LogP contribution in [-0.4, -0.2) is 32.1 Å². The molecule has 0 atom stereocenters. The number of carbonyl (C=O) groups is 3. The Labute approximate surface area is 133 Å². The number of hydrogen-bond donors (Lipinski definition) is 0. The molecule has 8 nitrogen and oxygen atoms in total. The summed E-state index contributed by atoms with van der Waals surface area (Å²) in [5, 5.41) is 14.9. The number of carbonyl (C=O) groups excluding carboxylic acids is 3. The second kappa shape index (κ2) is 5.07. The summed E-state index contributed by atoms with van der Waals surface area (Å²) in [4.78, 5) is 48.2. The third-order valence-corrected chi connectivity index (χ3v) is 4.24. The van der Waals surface area contributed by atoms with E-state index in [1.807, 2.05) is 0 Å². The molecule has 8 heteroatoms. The Hall–Kier alpha value is -2.38. The van der Waals surface area contributed by atoms with Gasteiger partial charge < -0.3 is 0 Å². The summed E-state index contributed by atoms with van der Waals surface area (Å²) in [5.41, 5.74) is -2.67. The molecule has 23 heavy (non-hydrogen) atoms. The van der Waals surface area contributed by atoms with Crippen molar-refractivity contribution in [1.29, 1.82) is 0 Å². The van der Waals surface area contributed by atoms with Crippen molar-refractivity contribution in [2.45, 2.75) is 34.1 Å². The first-order chi connectivity index (χ1) is 10.4. The fraction of sp³-hybridized carbons (Fsp3) is 0.600. The number of nitrogens with zero attached hydrogens (tertiary/aromatic N) is 3. The Morgan fingerprint density at radius 1 is 1.26 bits per heavy atom. The van der Waals surface area contributed by atoms with E-state index >= 15 is 0 Å². The van der Waals surface area contributed by atoms with E-state index in [2.05, 4.69) is 5.10 Å². The number of aryl methyl sites for hydroxylation is 1. The van der Waals surface area contributed by atoms with Gasteiger partial charge in [0.15, 0.2) is 11.6 Å². The molecule has 1 aromatic heterocycles. The molecular formula is C15H19N3O5. The Kier molecular flexibility index (Phi) is 3.75. The third-order valence-electron chi connectivity index (χ3n) is 4.24. The number of rotatable bonds is 3. The molecule has 124 valence electrons. The molecule has 0 aromatic carbocycles. The SMILES string of the molecule is Cn1cc([N+](=O)[O-])c(C(=O)C2C(=O)C(C)(C)CC(C)(C)C2=O)n1. The minimum Gasteiger partial charge on any atom is -0.298 e. The maximum Gasteiger partial charge on any atom is 0.318 e. The van der Waals surface area contributed by atoms with Crippen molar-refractivity contribution in [3.05, 3.63) is 22.0 Å². The lowest BCUT2D eigenvalue weighted by atomic mass is 9.59. The van der Waals surface area contributed by atoms with Crippen LogP contribution in [0.25, 0.3) is 0 Å². The molecule has 2 rings (SSSR count). The van der Waals surface area contributed by atoms with E-state index in [-0.39, 0.29) is 0 Å². The molecule has 0 saturated heterocycles. The van der Waals surface area contributed by atoms with E-state index < -0.39 is 50.4 Å². The van der Waals surface area contributed by atoms with Gasteiger partial charge in [0.1, 0.15) is 12.1 Å². The summed E-state index contributed by atoms with van der Waals surface area (Å²) >= 11 is 0. The average Bonchev–Trinajstić information content (AvgIpc) is 2.78. The zero-order valence-electron chi connectivity index (χ0n) is 13.7. The van der Waals surface area contributed by atoms with Crippen LogP contribution >= 0.6 is 0 Å². The molecule has 1 heterocycles. The van der Waals surface area contributed by atoms with E-state index in [4.69, 9.17) is 0 Å². The Bertz CT molecular complexity index is 703. The first-order valence-corrected chi connectivity index (χ1v) is 7.19. The molecule has 1 aromatic rings. The molecule has 0 aliphatic heterocycles. The van der Waals surface area contributed by atoms with Crippen molar-refractivity contribution >= 4 is 23.0 Å². The molecule has 0 amide bonds. The fourth-order valence-electron chi connectivity index (χ4n) is 3.34. The Balaban J connectivity index is 2.55. The number of ketones is 3. The van der Waals surface area contributed by atoms with Crippen LogP contribution in [0.1, 0.15) is 44.6 Å². The van der Waals surface area contributed by atoms with E-state index in [0.717, 1.165) is 10.9 Å². The van der Waals surface area contributed by atoms with Gasteiger partial charge in [-0.2, -0.15) is 5.10 Å². The monoisotopic (exact) mass is 321 g/mol. The molecule has 1 fully saturated rings. The van der Waals surface area contributed by atoms with Crippen LogP contribution in [0.5, 0.6) is 0 Å². The molecule has 0 radical (unpaired) electrons. The Morgan fingerprint density at radius 3 is 2.17 bits per heavy atom. The molecule has 0 spiro atoms. The molecule has 1 aliphatic rings. The third kappa shape index (κ3) is 2.69. The van der Waals surface area contributed by atoms with Gasteiger partial charge in [0.2, 0.25) is 11.5 Å². The normalized spacial score (nSPS) is 20.6. The summed E-state index contributed by atoms with van der Waals surface area (Å²) in [6, 6.07) is 0. The van der Waals surface area contributed by atoms with Crippen LogP contribution in [0.2, 0.25) is 0 Å². The van der Waals surface area contributed by atoms with Gasteiger partial charge >= 0.3 is 5.69 Å². The quantitative estimate of drug-likeness (QED) is 0.362. The molecule has 0 N–H and O–H groups in total. The van der Waals surface area contributed by atoms with Gasteiger partial charge in [-0.1, -0.05) is 27.7 Å². The van der Waals surface area contributed by atoms with Crippen LogP contribution in [0.4, 0.5) is 5.69 Å². The molecule has 1 saturated carbocycles. The van der Waals surface area contributed by atoms with Crippen molar-refractivity contribution < 1.29 is 19.3 Å². The van der Waals surface area contributed by atoms with E-state index in [0.29, 0.717) is 6.42 Å². The van der Waals surface area contributed by atoms with Gasteiger partial charge in [-0.05, 0) is 6.42 Å². The van der Waals surface area contributed by atoms with Gasteiger partial charge in [0, 0.05) is 17.9 Å². The second-order valence-corrected chi connectivity index (χ2v) is 7.26. The minimum atomic E-state index is -1.54. The molecular weight excluding hydrogens is 302 g/mol. The van der Waals surface area contributed by atoms with E-state index in [1.165, 1.54) is 7.05 Å². The maximum atomic E-state index is 12.7. The topological polar surface area (TPSA) is 112 Å². The number of aromatic nitrogens is 2. The summed E-state index contributed by atoms with van der Waals surface area (Å²) < 4.78 is 1.12. The van der Waals surface area contributed by atoms with Crippen molar-refractivity contribution in [2.24, 2.45) is 23.8 Å². The zero-order valence-corrected chi connectivity index (χ0v) is 13.7. The van der Waals surface area contributed by atoms with Crippen molar-refractivity contribution in [2.75, 3.05) is 0 Å². The predicted molar refractivity (Wildman–Crippen MR) is 79.9 cm³/mol. The van der Waals surface area contributed by atoms with Crippen molar-refractivity contribution in [3.8, 4) is 0 Å². The summed E-state index contributed by atoms with van der Waals surface area (Å²) in [5.74, 6) is -3.45. The number of Topliss-reactive ketones (excluding diaryl/α,β-unsaturated/α-hetero) is 3. The predicted octanol–water partition coefficient (Wildman–Crippen LogP) is 1.72. The first-order valence-electron chi connectivity index (χ1n) is 7.19. The molecule has 0 unspecified atom stereocenters. The lowest BCUT2D eigenvalue weighted by molar-refractivity contribution is -0.385.